The third-order valence-corrected chi connectivity index (χ3v) is 5.01. The van der Waals surface area contributed by atoms with Crippen LogP contribution in [0.3, 0.4) is 0 Å². The standard InChI is InChI=1S/C19H28N2O2/c1-2-19(16-22)8-11-21(12-9-19)15-17-6-5-7-18(14-17)23-13-4-3-10-20/h5-7,14,22H,2-4,8-9,11-13,15-16H2,1H3. The van der Waals surface area contributed by atoms with Gasteiger partial charge in [0.05, 0.1) is 12.7 Å². The first kappa shape index (κ1) is 17.8. The van der Waals surface area contributed by atoms with E-state index in [-0.39, 0.29) is 5.41 Å². The van der Waals surface area contributed by atoms with Crippen LogP contribution in [0.4, 0.5) is 0 Å². The molecule has 1 N–H and O–H groups in total. The molecule has 1 aliphatic heterocycles. The van der Waals surface area contributed by atoms with E-state index in [1.165, 1.54) is 5.56 Å². The minimum Gasteiger partial charge on any atom is -0.494 e. The zero-order chi connectivity index (χ0) is 16.5. The maximum absolute atomic E-state index is 9.62. The Morgan fingerprint density at radius 1 is 1.35 bits per heavy atom. The van der Waals surface area contributed by atoms with Gasteiger partial charge in [0, 0.05) is 19.6 Å². The molecule has 1 aliphatic rings. The fraction of sp³-hybridized carbons (Fsp3) is 0.632. The Balaban J connectivity index is 1.83. The molecule has 1 heterocycles. The van der Waals surface area contributed by atoms with Crippen molar-refractivity contribution in [2.24, 2.45) is 5.41 Å². The van der Waals surface area contributed by atoms with E-state index in [1.807, 2.05) is 12.1 Å². The number of hydrogen-bond donors (Lipinski definition) is 1. The van der Waals surface area contributed by atoms with Gasteiger partial charge >= 0.3 is 0 Å². The van der Waals surface area contributed by atoms with Crippen molar-refractivity contribution < 1.29 is 9.84 Å². The molecule has 0 radical (unpaired) electrons. The van der Waals surface area contributed by atoms with Crippen LogP contribution < -0.4 is 4.74 Å². The molecule has 0 bridgehead atoms. The smallest absolute Gasteiger partial charge is 0.119 e. The average Bonchev–Trinajstić information content (AvgIpc) is 2.60. The fourth-order valence-corrected chi connectivity index (χ4v) is 3.14. The largest absolute Gasteiger partial charge is 0.494 e. The number of hydrogen-bond acceptors (Lipinski definition) is 4. The Labute approximate surface area is 139 Å². The summed E-state index contributed by atoms with van der Waals surface area (Å²) in [6.45, 7) is 6.10. The van der Waals surface area contributed by atoms with Crippen molar-refractivity contribution in [3.63, 3.8) is 0 Å². The first-order valence-electron chi connectivity index (χ1n) is 8.63. The van der Waals surface area contributed by atoms with E-state index in [0.29, 0.717) is 19.6 Å². The van der Waals surface area contributed by atoms with Gasteiger partial charge in [-0.2, -0.15) is 5.26 Å². The Hall–Kier alpha value is -1.57. The lowest BCUT2D eigenvalue weighted by Crippen LogP contribution is -2.41. The number of ether oxygens (including phenoxy) is 1. The topological polar surface area (TPSA) is 56.5 Å². The van der Waals surface area contributed by atoms with Crippen molar-refractivity contribution >= 4 is 0 Å². The molecule has 1 aromatic rings. The summed E-state index contributed by atoms with van der Waals surface area (Å²) in [6, 6.07) is 10.4. The molecule has 23 heavy (non-hydrogen) atoms. The molecule has 0 saturated carbocycles. The molecule has 4 nitrogen and oxygen atoms in total. The summed E-state index contributed by atoms with van der Waals surface area (Å²) in [5.41, 5.74) is 1.40. The predicted molar refractivity (Wildman–Crippen MR) is 91.1 cm³/mol. The zero-order valence-corrected chi connectivity index (χ0v) is 14.1. The van der Waals surface area contributed by atoms with Gasteiger partial charge < -0.3 is 9.84 Å². The first-order chi connectivity index (χ1) is 11.2. The van der Waals surface area contributed by atoms with E-state index in [2.05, 4.69) is 30.0 Å². The number of aliphatic hydroxyl groups is 1. The van der Waals surface area contributed by atoms with Crippen LogP contribution in [0.1, 0.15) is 44.6 Å². The summed E-state index contributed by atoms with van der Waals surface area (Å²) in [4.78, 5) is 2.46. The van der Waals surface area contributed by atoms with Gasteiger partial charge in [0.2, 0.25) is 0 Å². The molecule has 0 aromatic heterocycles. The van der Waals surface area contributed by atoms with Crippen LogP contribution in [0.25, 0.3) is 0 Å². The summed E-state index contributed by atoms with van der Waals surface area (Å²) in [6.07, 6.45) is 4.52. The molecule has 1 fully saturated rings. The third-order valence-electron chi connectivity index (χ3n) is 5.01. The van der Waals surface area contributed by atoms with Crippen LogP contribution in [-0.4, -0.2) is 36.3 Å². The molecular weight excluding hydrogens is 288 g/mol. The maximum Gasteiger partial charge on any atom is 0.119 e. The van der Waals surface area contributed by atoms with Crippen molar-refractivity contribution in [3.8, 4) is 11.8 Å². The minimum absolute atomic E-state index is 0.141. The summed E-state index contributed by atoms with van der Waals surface area (Å²) < 4.78 is 5.70. The summed E-state index contributed by atoms with van der Waals surface area (Å²) in [7, 11) is 0. The number of piperidine rings is 1. The lowest BCUT2D eigenvalue weighted by molar-refractivity contribution is 0.0382. The van der Waals surface area contributed by atoms with Crippen LogP contribution in [0.5, 0.6) is 5.75 Å². The molecular formula is C19H28N2O2. The second-order valence-corrected chi connectivity index (χ2v) is 6.55. The Morgan fingerprint density at radius 2 is 2.13 bits per heavy atom. The number of nitriles is 1. The monoisotopic (exact) mass is 316 g/mol. The van der Waals surface area contributed by atoms with Gasteiger partial charge in [0.1, 0.15) is 5.75 Å². The SMILES string of the molecule is CCC1(CO)CCN(Cc2cccc(OCCCC#N)c2)CC1. The van der Waals surface area contributed by atoms with Gasteiger partial charge in [-0.15, -0.1) is 0 Å². The minimum atomic E-state index is 0.141. The third kappa shape index (κ3) is 5.23. The lowest BCUT2D eigenvalue weighted by atomic mass is 9.77. The van der Waals surface area contributed by atoms with Crippen LogP contribution in [-0.2, 0) is 6.54 Å². The average molecular weight is 316 g/mol. The maximum atomic E-state index is 9.62. The lowest BCUT2D eigenvalue weighted by Gasteiger charge is -2.40. The number of aliphatic hydroxyl groups excluding tert-OH is 1. The van der Waals surface area contributed by atoms with E-state index in [0.717, 1.165) is 51.1 Å². The summed E-state index contributed by atoms with van der Waals surface area (Å²) in [5, 5.41) is 18.2. The molecule has 0 aliphatic carbocycles. The van der Waals surface area contributed by atoms with Crippen LogP contribution in [0.2, 0.25) is 0 Å². The van der Waals surface area contributed by atoms with Gasteiger partial charge in [0.25, 0.3) is 0 Å². The van der Waals surface area contributed by atoms with E-state index >= 15 is 0 Å². The van der Waals surface area contributed by atoms with E-state index in [9.17, 15) is 5.11 Å². The Morgan fingerprint density at radius 3 is 2.78 bits per heavy atom. The van der Waals surface area contributed by atoms with Crippen molar-refractivity contribution in [2.45, 2.75) is 45.6 Å². The van der Waals surface area contributed by atoms with Crippen LogP contribution in [0, 0.1) is 16.7 Å². The van der Waals surface area contributed by atoms with Crippen LogP contribution >= 0.6 is 0 Å². The first-order valence-corrected chi connectivity index (χ1v) is 8.63. The highest BCUT2D eigenvalue weighted by Crippen LogP contribution is 2.34. The molecule has 0 unspecified atom stereocenters. The van der Waals surface area contributed by atoms with Gasteiger partial charge in [-0.25, -0.2) is 0 Å². The van der Waals surface area contributed by atoms with Crippen molar-refractivity contribution in [1.82, 2.24) is 4.90 Å². The molecule has 1 saturated heterocycles. The fourth-order valence-electron chi connectivity index (χ4n) is 3.14. The molecule has 2 rings (SSSR count). The highest BCUT2D eigenvalue weighted by Gasteiger charge is 2.32. The normalized spacial score (nSPS) is 17.6. The quantitative estimate of drug-likeness (QED) is 0.747. The number of likely N-dealkylation sites (tertiary alicyclic amines) is 1. The Bertz CT molecular complexity index is 510. The van der Waals surface area contributed by atoms with E-state index in [1.54, 1.807) is 0 Å². The van der Waals surface area contributed by atoms with Crippen LogP contribution in [0.15, 0.2) is 24.3 Å². The second kappa shape index (κ2) is 8.90. The molecule has 0 amide bonds. The summed E-state index contributed by atoms with van der Waals surface area (Å²) >= 11 is 0. The zero-order valence-electron chi connectivity index (χ0n) is 14.1. The van der Waals surface area contributed by atoms with Crippen molar-refractivity contribution in [2.75, 3.05) is 26.3 Å². The van der Waals surface area contributed by atoms with Gasteiger partial charge in [0.15, 0.2) is 0 Å². The number of rotatable bonds is 8. The van der Waals surface area contributed by atoms with Crippen molar-refractivity contribution in [3.05, 3.63) is 29.8 Å². The number of nitrogens with zero attached hydrogens (tertiary/aromatic N) is 2. The predicted octanol–water partition coefficient (Wildman–Crippen LogP) is 3.35. The summed E-state index contributed by atoms with van der Waals surface area (Å²) in [5.74, 6) is 0.885. The molecule has 0 spiro atoms. The van der Waals surface area contributed by atoms with E-state index in [4.69, 9.17) is 10.00 Å². The highest BCUT2D eigenvalue weighted by molar-refractivity contribution is 5.28. The highest BCUT2D eigenvalue weighted by atomic mass is 16.5. The molecule has 0 atom stereocenters. The van der Waals surface area contributed by atoms with E-state index < -0.39 is 0 Å². The second-order valence-electron chi connectivity index (χ2n) is 6.55. The van der Waals surface area contributed by atoms with Gasteiger partial charge in [-0.3, -0.25) is 4.90 Å². The molecule has 1 aromatic carbocycles. The Kier molecular flexibility index (Phi) is 6.88. The number of unbranched alkanes of at least 4 members (excludes halogenated alkanes) is 1. The molecule has 126 valence electrons. The number of benzene rings is 1. The van der Waals surface area contributed by atoms with Crippen molar-refractivity contribution in [1.29, 1.82) is 5.26 Å². The molecule has 4 heteroatoms. The van der Waals surface area contributed by atoms with Gasteiger partial charge in [-0.1, -0.05) is 19.1 Å². The van der Waals surface area contributed by atoms with Gasteiger partial charge in [-0.05, 0) is 61.9 Å².